The third-order valence-electron chi connectivity index (χ3n) is 4.69. The van der Waals surface area contributed by atoms with Crippen molar-refractivity contribution in [2.75, 3.05) is 19.6 Å². The van der Waals surface area contributed by atoms with Crippen molar-refractivity contribution in [1.29, 1.82) is 0 Å². The molecule has 0 aromatic heterocycles. The van der Waals surface area contributed by atoms with Gasteiger partial charge < -0.3 is 11.5 Å². The zero-order valence-corrected chi connectivity index (χ0v) is 13.2. The van der Waals surface area contributed by atoms with E-state index >= 15 is 0 Å². The fraction of sp³-hybridized carbons (Fsp3) is 0.316. The number of likely N-dealkylation sites (tertiary alicyclic amines) is 1. The Kier molecular flexibility index (Phi) is 4.74. The molecule has 4 N–H and O–H groups in total. The summed E-state index contributed by atoms with van der Waals surface area (Å²) in [5, 5.41) is 0. The smallest absolute Gasteiger partial charge is 0.248 e. The van der Waals surface area contributed by atoms with Gasteiger partial charge in [0.2, 0.25) is 5.91 Å². The Morgan fingerprint density at radius 2 is 1.74 bits per heavy atom. The summed E-state index contributed by atoms with van der Waals surface area (Å²) in [6, 6.07) is 18.2. The molecule has 2 aromatic rings. The summed E-state index contributed by atoms with van der Waals surface area (Å²) >= 11 is 0. The third kappa shape index (κ3) is 3.60. The van der Waals surface area contributed by atoms with E-state index in [1.54, 1.807) is 12.1 Å². The topological polar surface area (TPSA) is 72.3 Å². The van der Waals surface area contributed by atoms with E-state index in [1.165, 1.54) is 11.1 Å². The van der Waals surface area contributed by atoms with Crippen LogP contribution in [0.4, 0.5) is 0 Å². The number of rotatable bonds is 5. The minimum atomic E-state index is -0.384. The molecule has 3 rings (SSSR count). The Hall–Kier alpha value is -2.17. The molecule has 23 heavy (non-hydrogen) atoms. The quantitative estimate of drug-likeness (QED) is 0.887. The van der Waals surface area contributed by atoms with Crippen molar-refractivity contribution >= 4 is 5.91 Å². The highest BCUT2D eigenvalue weighted by atomic mass is 16.1. The van der Waals surface area contributed by atoms with Crippen molar-refractivity contribution in [2.45, 2.75) is 12.5 Å². The van der Waals surface area contributed by atoms with Gasteiger partial charge in [-0.3, -0.25) is 9.69 Å². The molecular formula is C19H23N3O. The van der Waals surface area contributed by atoms with Crippen molar-refractivity contribution in [3.05, 3.63) is 71.3 Å². The average Bonchev–Trinajstić information content (AvgIpc) is 2.99. The number of hydrogen-bond donors (Lipinski definition) is 2. The summed E-state index contributed by atoms with van der Waals surface area (Å²) in [6.07, 6.45) is 0. The van der Waals surface area contributed by atoms with Crippen LogP contribution in [-0.4, -0.2) is 30.4 Å². The Balaban J connectivity index is 1.69. The molecule has 0 spiro atoms. The molecule has 0 unspecified atom stereocenters. The molecule has 120 valence electrons. The van der Waals surface area contributed by atoms with Crippen LogP contribution in [0.25, 0.3) is 0 Å². The lowest BCUT2D eigenvalue weighted by Crippen LogP contribution is -2.23. The van der Waals surface area contributed by atoms with Crippen LogP contribution >= 0.6 is 0 Å². The molecule has 1 amide bonds. The van der Waals surface area contributed by atoms with Crippen LogP contribution in [0.2, 0.25) is 0 Å². The summed E-state index contributed by atoms with van der Waals surface area (Å²) in [6.45, 7) is 3.60. The molecule has 1 saturated heterocycles. The van der Waals surface area contributed by atoms with Crippen molar-refractivity contribution in [1.82, 2.24) is 4.90 Å². The first-order valence-electron chi connectivity index (χ1n) is 8.03. The monoisotopic (exact) mass is 309 g/mol. The lowest BCUT2D eigenvalue weighted by atomic mass is 9.89. The molecule has 1 fully saturated rings. The summed E-state index contributed by atoms with van der Waals surface area (Å²) in [7, 11) is 0. The van der Waals surface area contributed by atoms with Crippen molar-refractivity contribution < 1.29 is 4.79 Å². The maximum Gasteiger partial charge on any atom is 0.248 e. The molecule has 2 aromatic carbocycles. The SMILES string of the molecule is NC[C@@H]1CN(Cc2ccc(C(N)=O)cc2)C[C@H]1c1ccccc1. The predicted molar refractivity (Wildman–Crippen MR) is 92.0 cm³/mol. The number of benzene rings is 2. The highest BCUT2D eigenvalue weighted by Gasteiger charge is 2.32. The normalized spacial score (nSPS) is 21.4. The van der Waals surface area contributed by atoms with E-state index in [0.29, 0.717) is 23.9 Å². The predicted octanol–water partition coefficient (Wildman–Crippen LogP) is 1.96. The number of nitrogens with zero attached hydrogens (tertiary/aromatic N) is 1. The molecular weight excluding hydrogens is 286 g/mol. The van der Waals surface area contributed by atoms with Gasteiger partial charge in [-0.2, -0.15) is 0 Å². The molecule has 1 aliphatic heterocycles. The standard InChI is InChI=1S/C19H23N3O/c20-10-17-12-22(13-18(17)15-4-2-1-3-5-15)11-14-6-8-16(9-7-14)19(21)23/h1-9,17-18H,10-13,20H2,(H2,21,23)/t17-,18+/m1/s1. The number of amides is 1. The number of hydrogen-bond acceptors (Lipinski definition) is 3. The molecule has 4 heteroatoms. The van der Waals surface area contributed by atoms with Gasteiger partial charge in [0.1, 0.15) is 0 Å². The van der Waals surface area contributed by atoms with Gasteiger partial charge in [0, 0.05) is 31.1 Å². The lowest BCUT2D eigenvalue weighted by Gasteiger charge is -2.17. The Labute approximate surface area is 137 Å². The molecule has 0 aliphatic carbocycles. The molecule has 4 nitrogen and oxygen atoms in total. The van der Waals surface area contributed by atoms with E-state index in [1.807, 2.05) is 18.2 Å². The lowest BCUT2D eigenvalue weighted by molar-refractivity contribution is 0.100. The first kappa shape index (κ1) is 15.7. The zero-order valence-electron chi connectivity index (χ0n) is 13.2. The minimum Gasteiger partial charge on any atom is -0.366 e. The number of carbonyl (C=O) groups is 1. The summed E-state index contributed by atoms with van der Waals surface area (Å²) in [4.78, 5) is 13.6. The van der Waals surface area contributed by atoms with Crippen LogP contribution in [0.1, 0.15) is 27.4 Å². The van der Waals surface area contributed by atoms with Crippen molar-refractivity contribution in [2.24, 2.45) is 17.4 Å². The molecule has 0 radical (unpaired) electrons. The van der Waals surface area contributed by atoms with Gasteiger partial charge in [0.15, 0.2) is 0 Å². The van der Waals surface area contributed by atoms with Gasteiger partial charge in [0.05, 0.1) is 0 Å². The van der Waals surface area contributed by atoms with Crippen LogP contribution in [0.15, 0.2) is 54.6 Å². The highest BCUT2D eigenvalue weighted by Crippen LogP contribution is 2.32. The third-order valence-corrected chi connectivity index (χ3v) is 4.69. The van der Waals surface area contributed by atoms with E-state index in [2.05, 4.69) is 29.2 Å². The minimum absolute atomic E-state index is 0.384. The average molecular weight is 309 g/mol. The van der Waals surface area contributed by atoms with Gasteiger partial charge >= 0.3 is 0 Å². The number of carbonyl (C=O) groups excluding carboxylic acids is 1. The summed E-state index contributed by atoms with van der Waals surface area (Å²) in [5.41, 5.74) is 14.4. The van der Waals surface area contributed by atoms with Crippen LogP contribution in [-0.2, 0) is 6.54 Å². The second-order valence-electron chi connectivity index (χ2n) is 6.27. The van der Waals surface area contributed by atoms with E-state index in [4.69, 9.17) is 11.5 Å². The molecule has 2 atom stereocenters. The van der Waals surface area contributed by atoms with E-state index in [-0.39, 0.29) is 5.91 Å². The van der Waals surface area contributed by atoms with Crippen LogP contribution < -0.4 is 11.5 Å². The van der Waals surface area contributed by atoms with E-state index in [0.717, 1.165) is 19.6 Å². The highest BCUT2D eigenvalue weighted by molar-refractivity contribution is 5.92. The number of primary amides is 1. The molecule has 1 heterocycles. The zero-order chi connectivity index (χ0) is 16.2. The molecule has 0 saturated carbocycles. The van der Waals surface area contributed by atoms with Crippen molar-refractivity contribution in [3.8, 4) is 0 Å². The Morgan fingerprint density at radius 1 is 1.04 bits per heavy atom. The van der Waals surface area contributed by atoms with Crippen LogP contribution in [0, 0.1) is 5.92 Å². The summed E-state index contributed by atoms with van der Waals surface area (Å²) < 4.78 is 0. The molecule has 1 aliphatic rings. The van der Waals surface area contributed by atoms with E-state index < -0.39 is 0 Å². The Morgan fingerprint density at radius 3 is 2.35 bits per heavy atom. The van der Waals surface area contributed by atoms with E-state index in [9.17, 15) is 4.79 Å². The molecule has 0 bridgehead atoms. The maximum absolute atomic E-state index is 11.1. The van der Waals surface area contributed by atoms with Gasteiger partial charge in [0.25, 0.3) is 0 Å². The fourth-order valence-electron chi connectivity index (χ4n) is 3.44. The Bertz CT molecular complexity index is 654. The maximum atomic E-state index is 11.1. The second kappa shape index (κ2) is 6.94. The van der Waals surface area contributed by atoms with Crippen LogP contribution in [0.5, 0.6) is 0 Å². The summed E-state index contributed by atoms with van der Waals surface area (Å²) in [5.74, 6) is 0.596. The van der Waals surface area contributed by atoms with Gasteiger partial charge in [-0.1, -0.05) is 42.5 Å². The van der Waals surface area contributed by atoms with Gasteiger partial charge in [-0.15, -0.1) is 0 Å². The van der Waals surface area contributed by atoms with Gasteiger partial charge in [-0.25, -0.2) is 0 Å². The first-order valence-corrected chi connectivity index (χ1v) is 8.03. The van der Waals surface area contributed by atoms with Crippen molar-refractivity contribution in [3.63, 3.8) is 0 Å². The largest absolute Gasteiger partial charge is 0.366 e. The second-order valence-corrected chi connectivity index (χ2v) is 6.27. The number of nitrogens with two attached hydrogens (primary N) is 2. The van der Waals surface area contributed by atoms with Gasteiger partial charge in [-0.05, 0) is 35.7 Å². The van der Waals surface area contributed by atoms with Crippen LogP contribution in [0.3, 0.4) is 0 Å². The first-order chi connectivity index (χ1) is 11.2. The fourth-order valence-corrected chi connectivity index (χ4v) is 3.44.